The maximum atomic E-state index is 14.4. The fourth-order valence-electron chi connectivity index (χ4n) is 3.83. The largest absolute Gasteiger partial charge is 0.446 e. The normalized spacial score (nSPS) is 15.9. The molecule has 1 N–H and O–H groups in total. The fraction of sp³-hybridized carbons (Fsp3) is 0.481. The molecule has 0 aliphatic carbocycles. The molecule has 0 atom stereocenters. The van der Waals surface area contributed by atoms with Gasteiger partial charge in [0.1, 0.15) is 0 Å². The molecule has 1 aliphatic rings. The molecule has 0 saturated carbocycles. The van der Waals surface area contributed by atoms with Crippen LogP contribution in [0.3, 0.4) is 0 Å². The van der Waals surface area contributed by atoms with Crippen LogP contribution in [0.25, 0.3) is 0 Å². The molecule has 0 radical (unpaired) electrons. The van der Waals surface area contributed by atoms with Crippen molar-refractivity contribution in [2.75, 3.05) is 5.32 Å². The van der Waals surface area contributed by atoms with Gasteiger partial charge in [-0.3, -0.25) is 4.79 Å². The molecule has 0 spiro atoms. The highest BCUT2D eigenvalue weighted by Crippen LogP contribution is 2.57. The Balaban J connectivity index is 2.18. The minimum Gasteiger partial charge on any atom is -0.446 e. The molecule has 202 valence electrons. The van der Waals surface area contributed by atoms with Gasteiger partial charge in [0.25, 0.3) is 0 Å². The summed E-state index contributed by atoms with van der Waals surface area (Å²) in [7, 11) is 0. The van der Waals surface area contributed by atoms with Gasteiger partial charge in [-0.05, 0) is 57.0 Å². The van der Waals surface area contributed by atoms with Crippen LogP contribution in [0.2, 0.25) is 0 Å². The first-order valence-corrected chi connectivity index (χ1v) is 11.9. The quantitative estimate of drug-likeness (QED) is 0.290. The lowest BCUT2D eigenvalue weighted by Crippen LogP contribution is -2.58. The molecule has 1 aliphatic heterocycles. The number of benzene rings is 2. The van der Waals surface area contributed by atoms with Gasteiger partial charge in [0.2, 0.25) is 5.90 Å². The van der Waals surface area contributed by atoms with E-state index in [0.717, 1.165) is 12.1 Å². The first-order chi connectivity index (χ1) is 16.9. The standard InChI is InChI=1S/C27H30F6N2O2/c1-7-23(3,4)21(36)16-9-11-17(12-10-16)22-34-20-14-13-18(35-24(5,6)8-2)15-19(20)25(37-22,26(28,29)30)27(31,32)33/h9-15,35H,7-8H2,1-6H3. The van der Waals surface area contributed by atoms with Crippen molar-refractivity contribution < 1.29 is 35.9 Å². The fourth-order valence-corrected chi connectivity index (χ4v) is 3.83. The molecule has 0 fully saturated rings. The van der Waals surface area contributed by atoms with Gasteiger partial charge in [-0.25, -0.2) is 4.99 Å². The minimum atomic E-state index is -5.86. The molecule has 37 heavy (non-hydrogen) atoms. The van der Waals surface area contributed by atoms with Crippen molar-refractivity contribution in [1.82, 2.24) is 0 Å². The number of alkyl halides is 6. The number of nitrogens with one attached hydrogen (secondary N) is 1. The Morgan fingerprint density at radius 2 is 1.46 bits per heavy atom. The topological polar surface area (TPSA) is 50.7 Å². The van der Waals surface area contributed by atoms with Gasteiger partial charge in [0.05, 0.1) is 5.69 Å². The van der Waals surface area contributed by atoms with Gasteiger partial charge in [0.15, 0.2) is 5.78 Å². The lowest BCUT2D eigenvalue weighted by molar-refractivity contribution is -0.370. The molecule has 2 aromatic carbocycles. The number of hydrogen-bond donors (Lipinski definition) is 1. The van der Waals surface area contributed by atoms with Crippen molar-refractivity contribution in [1.29, 1.82) is 0 Å². The zero-order chi connectivity index (χ0) is 28.0. The molecule has 0 amide bonds. The van der Waals surface area contributed by atoms with Crippen LogP contribution in [0, 0.1) is 5.41 Å². The first kappa shape index (κ1) is 28.5. The number of anilines is 1. The van der Waals surface area contributed by atoms with E-state index in [1.807, 2.05) is 13.8 Å². The van der Waals surface area contributed by atoms with E-state index >= 15 is 0 Å². The number of carbonyl (C=O) groups is 1. The Morgan fingerprint density at radius 3 is 1.95 bits per heavy atom. The highest BCUT2D eigenvalue weighted by atomic mass is 19.4. The molecule has 0 aromatic heterocycles. The number of aliphatic imine (C=N–C) groups is 1. The third-order valence-corrected chi connectivity index (χ3v) is 6.91. The van der Waals surface area contributed by atoms with Crippen LogP contribution in [0.15, 0.2) is 47.5 Å². The van der Waals surface area contributed by atoms with E-state index in [0.29, 0.717) is 12.8 Å². The highest BCUT2D eigenvalue weighted by molar-refractivity contribution is 6.02. The number of nitrogens with zero attached hydrogens (tertiary/aromatic N) is 1. The monoisotopic (exact) mass is 528 g/mol. The third kappa shape index (κ3) is 5.20. The average Bonchev–Trinajstić information content (AvgIpc) is 2.81. The summed E-state index contributed by atoms with van der Waals surface area (Å²) in [5.41, 5.74) is -7.33. The smallest absolute Gasteiger partial charge is 0.442 e. The zero-order valence-corrected chi connectivity index (χ0v) is 21.5. The summed E-state index contributed by atoms with van der Waals surface area (Å²) < 4.78 is 91.0. The van der Waals surface area contributed by atoms with Crippen molar-refractivity contribution in [3.8, 4) is 0 Å². The van der Waals surface area contributed by atoms with Crippen LogP contribution in [-0.4, -0.2) is 29.6 Å². The van der Waals surface area contributed by atoms with E-state index in [4.69, 9.17) is 4.74 Å². The predicted octanol–water partition coefficient (Wildman–Crippen LogP) is 8.33. The second-order valence-electron chi connectivity index (χ2n) is 10.4. The van der Waals surface area contributed by atoms with Crippen molar-refractivity contribution >= 4 is 23.1 Å². The molecule has 10 heteroatoms. The number of Topliss-reactive ketones (excluding diaryl/α,β-unsaturated/α-hetero) is 1. The van der Waals surface area contributed by atoms with Gasteiger partial charge < -0.3 is 10.1 Å². The Hall–Kier alpha value is -3.04. The second-order valence-corrected chi connectivity index (χ2v) is 10.4. The van der Waals surface area contributed by atoms with Gasteiger partial charge in [-0.2, -0.15) is 26.3 Å². The summed E-state index contributed by atoms with van der Waals surface area (Å²) in [6, 6.07) is 8.45. The van der Waals surface area contributed by atoms with Gasteiger partial charge >= 0.3 is 18.0 Å². The van der Waals surface area contributed by atoms with Gasteiger partial charge in [-0.15, -0.1) is 0 Å². The van der Waals surface area contributed by atoms with E-state index in [1.54, 1.807) is 27.7 Å². The van der Waals surface area contributed by atoms with Crippen molar-refractivity contribution in [2.45, 2.75) is 77.9 Å². The van der Waals surface area contributed by atoms with Gasteiger partial charge in [-0.1, -0.05) is 39.8 Å². The summed E-state index contributed by atoms with van der Waals surface area (Å²) >= 11 is 0. The third-order valence-electron chi connectivity index (χ3n) is 6.91. The van der Waals surface area contributed by atoms with E-state index in [9.17, 15) is 31.1 Å². The first-order valence-electron chi connectivity index (χ1n) is 11.9. The molecular weight excluding hydrogens is 498 g/mol. The lowest BCUT2D eigenvalue weighted by Gasteiger charge is -2.41. The lowest BCUT2D eigenvalue weighted by atomic mass is 9.82. The number of carbonyl (C=O) groups excluding carboxylic acids is 1. The summed E-state index contributed by atoms with van der Waals surface area (Å²) in [6.45, 7) is 10.7. The Morgan fingerprint density at radius 1 is 0.892 bits per heavy atom. The molecule has 0 unspecified atom stereocenters. The Labute approximate surface area is 212 Å². The van der Waals surface area contributed by atoms with E-state index in [1.165, 1.54) is 30.3 Å². The van der Waals surface area contributed by atoms with Crippen LogP contribution in [0.4, 0.5) is 37.7 Å². The predicted molar refractivity (Wildman–Crippen MR) is 130 cm³/mol. The maximum Gasteiger partial charge on any atom is 0.442 e. The molecule has 3 rings (SSSR count). The molecule has 0 saturated heterocycles. The summed E-state index contributed by atoms with van der Waals surface area (Å²) in [4.78, 5) is 16.7. The van der Waals surface area contributed by atoms with E-state index in [-0.39, 0.29) is 22.6 Å². The molecule has 1 heterocycles. The van der Waals surface area contributed by atoms with Crippen LogP contribution in [-0.2, 0) is 10.3 Å². The molecular formula is C27H30F6N2O2. The zero-order valence-electron chi connectivity index (χ0n) is 21.5. The summed E-state index contributed by atoms with van der Waals surface area (Å²) in [6.07, 6.45) is -10.6. The number of ether oxygens (including phenoxy) is 1. The van der Waals surface area contributed by atoms with Crippen molar-refractivity contribution in [2.24, 2.45) is 10.4 Å². The number of halogens is 6. The van der Waals surface area contributed by atoms with Gasteiger partial charge in [0, 0.05) is 33.3 Å². The number of ketones is 1. The van der Waals surface area contributed by atoms with Crippen LogP contribution >= 0.6 is 0 Å². The summed E-state index contributed by atoms with van der Waals surface area (Å²) in [5.74, 6) is -1.04. The molecule has 2 aromatic rings. The SMILES string of the molecule is CCC(C)(C)Nc1ccc2c(c1)C(C(F)(F)F)(C(F)(F)F)OC(c1ccc(C(=O)C(C)(C)CC)cc1)=N2. The average molecular weight is 529 g/mol. The minimum absolute atomic E-state index is 0.0760. The number of hydrogen-bond acceptors (Lipinski definition) is 4. The van der Waals surface area contributed by atoms with Crippen molar-refractivity contribution in [3.05, 3.63) is 59.2 Å². The van der Waals surface area contributed by atoms with Crippen molar-refractivity contribution in [3.63, 3.8) is 0 Å². The Bertz CT molecular complexity index is 1180. The number of rotatable bonds is 7. The van der Waals surface area contributed by atoms with Crippen LogP contribution in [0.5, 0.6) is 0 Å². The molecule has 0 bridgehead atoms. The maximum absolute atomic E-state index is 14.4. The Kier molecular flexibility index (Phi) is 7.22. The van der Waals surface area contributed by atoms with E-state index in [2.05, 4.69) is 10.3 Å². The summed E-state index contributed by atoms with van der Waals surface area (Å²) in [5, 5.41) is 2.96. The number of fused-ring (bicyclic) bond motifs is 1. The highest BCUT2D eigenvalue weighted by Gasteiger charge is 2.76. The molecule has 4 nitrogen and oxygen atoms in total. The van der Waals surface area contributed by atoms with E-state index < -0.39 is 46.1 Å². The van der Waals surface area contributed by atoms with Crippen LogP contribution in [0.1, 0.15) is 75.9 Å². The van der Waals surface area contributed by atoms with Crippen LogP contribution < -0.4 is 5.32 Å². The second kappa shape index (κ2) is 9.36.